The fourth-order valence-electron chi connectivity index (χ4n) is 0.312. The predicted octanol–water partition coefficient (Wildman–Crippen LogP) is -6.44. The average molecular weight is 420 g/mol. The monoisotopic (exact) mass is 420 g/mol. The predicted molar refractivity (Wildman–Crippen MR) is 90.8 cm³/mol. The maximum atomic E-state index is 9.65. The lowest BCUT2D eigenvalue weighted by atomic mass is 10.3. The molecule has 0 aliphatic carbocycles. The summed E-state index contributed by atoms with van der Waals surface area (Å²) in [5, 5.41) is 63.6. The van der Waals surface area contributed by atoms with Crippen molar-refractivity contribution in [3.8, 4) is 0 Å². The Morgan fingerprint density at radius 2 is 0.571 bits per heavy atom. The Hall–Kier alpha value is -2.44. The Kier molecular flexibility index (Phi) is 24.7. The van der Waals surface area contributed by atoms with E-state index in [9.17, 15) is 19.2 Å². The van der Waals surface area contributed by atoms with Crippen LogP contribution in [0.4, 0.5) is 0 Å². The second kappa shape index (κ2) is 20.9. The summed E-state index contributed by atoms with van der Waals surface area (Å²) in [5.41, 5.74) is 19.1. The van der Waals surface area contributed by atoms with Crippen LogP contribution in [0.15, 0.2) is 0 Å². The van der Waals surface area contributed by atoms with Gasteiger partial charge in [-0.25, -0.2) is 0 Å². The largest absolute Gasteiger partial charge is 0.480 e. The van der Waals surface area contributed by atoms with E-state index in [1.165, 1.54) is 0 Å². The number of hydrogen-bond donors (Lipinski definition) is 12. The number of aliphatic hydroxyl groups is 4. The standard InChI is InChI=1S/4C3H7NO3/c4*4-2(1-5)3(6)7/h4*2,5H,1,4H2,(H,6,7)/t4*2-/m1111/s1. The smallest absolute Gasteiger partial charge is 0.322 e. The number of hydrogen-bond acceptors (Lipinski definition) is 12. The summed E-state index contributed by atoms with van der Waals surface area (Å²) in [4.78, 5) is 38.6. The molecule has 0 rings (SSSR count). The molecule has 0 radical (unpaired) electrons. The lowest BCUT2D eigenvalue weighted by Crippen LogP contribution is -2.33. The summed E-state index contributed by atoms with van der Waals surface area (Å²) < 4.78 is 0. The summed E-state index contributed by atoms with van der Waals surface area (Å²) >= 11 is 0. The number of nitrogens with two attached hydrogens (primary N) is 4. The van der Waals surface area contributed by atoms with Crippen molar-refractivity contribution in [1.29, 1.82) is 0 Å². The Balaban J connectivity index is -0.000000137. The molecule has 0 aromatic heterocycles. The van der Waals surface area contributed by atoms with Crippen LogP contribution >= 0.6 is 0 Å². The first-order valence-corrected chi connectivity index (χ1v) is 7.10. The number of aliphatic hydroxyl groups excluding tert-OH is 4. The van der Waals surface area contributed by atoms with Gasteiger partial charge >= 0.3 is 23.9 Å². The van der Waals surface area contributed by atoms with E-state index < -0.39 is 74.5 Å². The molecule has 0 aliphatic heterocycles. The molecule has 0 fully saturated rings. The van der Waals surface area contributed by atoms with Crippen molar-refractivity contribution in [3.05, 3.63) is 0 Å². The Morgan fingerprint density at radius 3 is 0.571 bits per heavy atom. The SMILES string of the molecule is N[C@H](CO)C(=O)O.N[C@H](CO)C(=O)O.N[C@H](CO)C(=O)O.N[C@H](CO)C(=O)O. The zero-order chi connectivity index (χ0) is 23.4. The van der Waals surface area contributed by atoms with E-state index in [0.717, 1.165) is 0 Å². The second-order valence-electron chi connectivity index (χ2n) is 4.51. The van der Waals surface area contributed by atoms with Crippen molar-refractivity contribution < 1.29 is 60.0 Å². The molecule has 0 aromatic carbocycles. The first kappa shape index (κ1) is 33.2. The third-order valence-corrected chi connectivity index (χ3v) is 2.06. The van der Waals surface area contributed by atoms with Gasteiger partial charge in [-0.15, -0.1) is 0 Å². The minimum atomic E-state index is -1.18. The average Bonchev–Trinajstić information content (AvgIpc) is 2.66. The van der Waals surface area contributed by atoms with E-state index in [4.69, 9.17) is 63.8 Å². The van der Waals surface area contributed by atoms with Crippen molar-refractivity contribution >= 4 is 23.9 Å². The maximum Gasteiger partial charge on any atom is 0.322 e. The summed E-state index contributed by atoms with van der Waals surface area (Å²) in [7, 11) is 0. The van der Waals surface area contributed by atoms with E-state index in [-0.39, 0.29) is 0 Å². The highest BCUT2D eigenvalue weighted by molar-refractivity contribution is 5.74. The molecule has 0 heterocycles. The van der Waals surface area contributed by atoms with Gasteiger partial charge in [0.15, 0.2) is 0 Å². The van der Waals surface area contributed by atoms with E-state index in [1.807, 2.05) is 0 Å². The maximum absolute atomic E-state index is 9.65. The van der Waals surface area contributed by atoms with Gasteiger partial charge in [0.2, 0.25) is 0 Å². The van der Waals surface area contributed by atoms with Crippen molar-refractivity contribution in [1.82, 2.24) is 0 Å². The van der Waals surface area contributed by atoms with E-state index in [1.54, 1.807) is 0 Å². The highest BCUT2D eigenvalue weighted by Gasteiger charge is 2.08. The number of aliphatic carboxylic acids is 4. The van der Waals surface area contributed by atoms with Crippen LogP contribution in [-0.4, -0.2) is 115 Å². The molecule has 16 N–H and O–H groups in total. The molecule has 0 amide bonds. The van der Waals surface area contributed by atoms with Crippen LogP contribution in [-0.2, 0) is 19.2 Å². The molecule has 4 atom stereocenters. The zero-order valence-corrected chi connectivity index (χ0v) is 14.7. The molecule has 0 unspecified atom stereocenters. The minimum absolute atomic E-state index is 0.505. The van der Waals surface area contributed by atoms with Gasteiger partial charge < -0.3 is 63.8 Å². The lowest BCUT2D eigenvalue weighted by molar-refractivity contribution is -0.140. The first-order valence-electron chi connectivity index (χ1n) is 7.10. The van der Waals surface area contributed by atoms with Crippen molar-refractivity contribution in [2.75, 3.05) is 26.4 Å². The van der Waals surface area contributed by atoms with Gasteiger partial charge in [0, 0.05) is 0 Å². The van der Waals surface area contributed by atoms with Crippen LogP contribution in [0.3, 0.4) is 0 Å². The molecule has 0 saturated carbocycles. The van der Waals surface area contributed by atoms with E-state index in [0.29, 0.717) is 0 Å². The molecular weight excluding hydrogens is 392 g/mol. The van der Waals surface area contributed by atoms with Gasteiger partial charge in [0.1, 0.15) is 24.2 Å². The summed E-state index contributed by atoms with van der Waals surface area (Å²) in [6.45, 7) is -2.02. The van der Waals surface area contributed by atoms with Gasteiger partial charge in [0.05, 0.1) is 26.4 Å². The topological polar surface area (TPSA) is 334 Å². The molecule has 0 aliphatic rings. The molecule has 0 saturated heterocycles. The highest BCUT2D eigenvalue weighted by Crippen LogP contribution is 1.72. The van der Waals surface area contributed by atoms with Crippen molar-refractivity contribution in [2.24, 2.45) is 22.9 Å². The number of rotatable bonds is 8. The quantitative estimate of drug-likeness (QED) is 0.173. The van der Waals surface area contributed by atoms with E-state index >= 15 is 0 Å². The third-order valence-electron chi connectivity index (χ3n) is 2.06. The van der Waals surface area contributed by atoms with Crippen molar-refractivity contribution in [2.45, 2.75) is 24.2 Å². The third kappa shape index (κ3) is 25.8. The number of carboxylic acids is 4. The molecule has 0 aromatic rings. The summed E-state index contributed by atoms with van der Waals surface area (Å²) in [6.07, 6.45) is 0. The molecule has 0 spiro atoms. The van der Waals surface area contributed by atoms with E-state index in [2.05, 4.69) is 0 Å². The molecular formula is C12H28N4O12. The Labute approximate surface area is 158 Å². The Bertz CT molecular complexity index is 370. The Morgan fingerprint density at radius 1 is 0.464 bits per heavy atom. The van der Waals surface area contributed by atoms with Gasteiger partial charge in [-0.2, -0.15) is 0 Å². The van der Waals surface area contributed by atoms with Crippen LogP contribution in [0.5, 0.6) is 0 Å². The van der Waals surface area contributed by atoms with Gasteiger partial charge in [-0.3, -0.25) is 19.2 Å². The lowest BCUT2D eigenvalue weighted by Gasteiger charge is -1.96. The minimum Gasteiger partial charge on any atom is -0.480 e. The zero-order valence-electron chi connectivity index (χ0n) is 14.7. The second-order valence-corrected chi connectivity index (χ2v) is 4.51. The fourth-order valence-corrected chi connectivity index (χ4v) is 0.312. The van der Waals surface area contributed by atoms with Crippen molar-refractivity contribution in [3.63, 3.8) is 0 Å². The van der Waals surface area contributed by atoms with Crippen LogP contribution in [0.1, 0.15) is 0 Å². The number of carbonyl (C=O) groups is 4. The molecule has 0 bridgehead atoms. The highest BCUT2D eigenvalue weighted by atomic mass is 16.4. The molecule has 16 heteroatoms. The molecule has 16 nitrogen and oxygen atoms in total. The summed E-state index contributed by atoms with van der Waals surface area (Å²) in [6, 6.07) is -4.50. The molecule has 168 valence electrons. The first-order chi connectivity index (χ1) is 12.7. The fraction of sp³-hybridized carbons (Fsp3) is 0.667. The van der Waals surface area contributed by atoms with Crippen LogP contribution < -0.4 is 22.9 Å². The van der Waals surface area contributed by atoms with Crippen LogP contribution in [0, 0.1) is 0 Å². The normalized spacial score (nSPS) is 13.4. The van der Waals surface area contributed by atoms with Gasteiger partial charge in [-0.05, 0) is 0 Å². The van der Waals surface area contributed by atoms with Crippen LogP contribution in [0.2, 0.25) is 0 Å². The van der Waals surface area contributed by atoms with Gasteiger partial charge in [-0.1, -0.05) is 0 Å². The number of carboxylic acid groups (broad SMARTS) is 4. The van der Waals surface area contributed by atoms with Crippen LogP contribution in [0.25, 0.3) is 0 Å². The molecule has 28 heavy (non-hydrogen) atoms. The van der Waals surface area contributed by atoms with Gasteiger partial charge in [0.25, 0.3) is 0 Å². The summed E-state index contributed by atoms with van der Waals surface area (Å²) in [5.74, 6) is -4.71.